The molecule has 5 rings (SSSR count). The van der Waals surface area contributed by atoms with Gasteiger partial charge in [0.2, 0.25) is 5.91 Å². The molecule has 4 heterocycles. The third-order valence-electron chi connectivity index (χ3n) is 6.71. The lowest BCUT2D eigenvalue weighted by Gasteiger charge is -2.51. The third kappa shape index (κ3) is 3.22. The molecule has 6 heteroatoms. The van der Waals surface area contributed by atoms with Crippen LogP contribution < -0.4 is 10.6 Å². The second kappa shape index (κ2) is 7.10. The minimum Gasteiger partial charge on any atom is -0.397 e. The first-order valence-corrected chi connectivity index (χ1v) is 10.5. The number of aromatic amines is 1. The molecular formula is C23H27N5O. The number of anilines is 2. The summed E-state index contributed by atoms with van der Waals surface area (Å²) in [5, 5.41) is 1.21. The van der Waals surface area contributed by atoms with Gasteiger partial charge < -0.3 is 20.5 Å². The Labute approximate surface area is 170 Å². The van der Waals surface area contributed by atoms with Gasteiger partial charge in [-0.05, 0) is 55.5 Å². The van der Waals surface area contributed by atoms with Gasteiger partial charge in [0.05, 0.1) is 11.9 Å². The highest BCUT2D eigenvalue weighted by atomic mass is 16.2. The van der Waals surface area contributed by atoms with Crippen LogP contribution in [0.25, 0.3) is 10.9 Å². The topological polar surface area (TPSA) is 78.2 Å². The minimum absolute atomic E-state index is 0.0435. The predicted octanol–water partition coefficient (Wildman–Crippen LogP) is 3.70. The number of carbonyl (C=O) groups is 1. The SMILES string of the molecule is Nc1ccc(N2CCC3(CCCC(=O)N3Cc3cccc4[nH]ccc34)CC2)nc1. The van der Waals surface area contributed by atoms with Crippen LogP contribution in [0.1, 0.15) is 37.7 Å². The van der Waals surface area contributed by atoms with E-state index in [0.717, 1.165) is 50.1 Å². The minimum atomic E-state index is -0.0435. The molecule has 0 atom stereocenters. The summed E-state index contributed by atoms with van der Waals surface area (Å²) in [6.45, 7) is 2.51. The molecular weight excluding hydrogens is 362 g/mol. The molecule has 0 saturated carbocycles. The molecule has 0 aliphatic carbocycles. The quantitative estimate of drug-likeness (QED) is 0.716. The Kier molecular flexibility index (Phi) is 4.42. The van der Waals surface area contributed by atoms with Crippen molar-refractivity contribution in [3.8, 4) is 0 Å². The van der Waals surface area contributed by atoms with E-state index in [1.54, 1.807) is 6.20 Å². The number of nitrogen functional groups attached to an aromatic ring is 1. The average Bonchev–Trinajstić information content (AvgIpc) is 3.22. The van der Waals surface area contributed by atoms with E-state index in [2.05, 4.69) is 44.0 Å². The number of rotatable bonds is 3. The summed E-state index contributed by atoms with van der Waals surface area (Å²) in [4.78, 5) is 25.3. The van der Waals surface area contributed by atoms with Crippen molar-refractivity contribution in [2.45, 2.75) is 44.2 Å². The summed E-state index contributed by atoms with van der Waals surface area (Å²) < 4.78 is 0. The molecule has 1 aromatic carbocycles. The maximum Gasteiger partial charge on any atom is 0.223 e. The van der Waals surface area contributed by atoms with Gasteiger partial charge in [-0.1, -0.05) is 12.1 Å². The molecule has 2 aliphatic heterocycles. The molecule has 3 N–H and O–H groups in total. The van der Waals surface area contributed by atoms with E-state index in [4.69, 9.17) is 5.73 Å². The average molecular weight is 390 g/mol. The summed E-state index contributed by atoms with van der Waals surface area (Å²) >= 11 is 0. The molecule has 150 valence electrons. The van der Waals surface area contributed by atoms with Gasteiger partial charge in [-0.3, -0.25) is 4.79 Å². The summed E-state index contributed by atoms with van der Waals surface area (Å²) in [5.41, 5.74) is 8.77. The van der Waals surface area contributed by atoms with E-state index in [9.17, 15) is 4.79 Å². The van der Waals surface area contributed by atoms with Crippen LogP contribution in [-0.2, 0) is 11.3 Å². The Morgan fingerprint density at radius 3 is 2.76 bits per heavy atom. The van der Waals surface area contributed by atoms with Crippen molar-refractivity contribution in [3.05, 3.63) is 54.4 Å². The van der Waals surface area contributed by atoms with Gasteiger partial charge >= 0.3 is 0 Å². The van der Waals surface area contributed by atoms with Crippen molar-refractivity contribution in [1.29, 1.82) is 0 Å². The first kappa shape index (κ1) is 18.0. The van der Waals surface area contributed by atoms with E-state index in [0.29, 0.717) is 24.6 Å². The highest BCUT2D eigenvalue weighted by Gasteiger charge is 2.44. The molecule has 2 aromatic heterocycles. The number of aromatic nitrogens is 2. The molecule has 0 bridgehead atoms. The fraction of sp³-hybridized carbons (Fsp3) is 0.391. The van der Waals surface area contributed by atoms with E-state index in [1.165, 1.54) is 10.9 Å². The number of nitrogens with one attached hydrogen (secondary N) is 1. The van der Waals surface area contributed by atoms with Crippen LogP contribution in [-0.4, -0.2) is 39.4 Å². The number of benzene rings is 1. The van der Waals surface area contributed by atoms with Crippen LogP contribution >= 0.6 is 0 Å². The van der Waals surface area contributed by atoms with E-state index in [-0.39, 0.29) is 5.54 Å². The summed E-state index contributed by atoms with van der Waals surface area (Å²) in [6, 6.07) is 12.3. The normalized spacial score (nSPS) is 19.2. The first-order chi connectivity index (χ1) is 14.1. The fourth-order valence-electron chi connectivity index (χ4n) is 5.07. The van der Waals surface area contributed by atoms with Crippen molar-refractivity contribution in [3.63, 3.8) is 0 Å². The number of carbonyl (C=O) groups excluding carboxylic acids is 1. The monoisotopic (exact) mass is 389 g/mol. The van der Waals surface area contributed by atoms with Crippen molar-refractivity contribution in [1.82, 2.24) is 14.9 Å². The van der Waals surface area contributed by atoms with Crippen LogP contribution in [0.4, 0.5) is 11.5 Å². The number of hydrogen-bond acceptors (Lipinski definition) is 4. The predicted molar refractivity (Wildman–Crippen MR) is 116 cm³/mol. The van der Waals surface area contributed by atoms with E-state index < -0.39 is 0 Å². The Bertz CT molecular complexity index is 1020. The lowest BCUT2D eigenvalue weighted by atomic mass is 9.78. The van der Waals surface area contributed by atoms with Crippen molar-refractivity contribution >= 4 is 28.3 Å². The fourth-order valence-corrected chi connectivity index (χ4v) is 5.07. The highest BCUT2D eigenvalue weighted by Crippen LogP contribution is 2.40. The molecule has 2 aliphatic rings. The maximum atomic E-state index is 13.0. The van der Waals surface area contributed by atoms with Crippen LogP contribution in [0, 0.1) is 0 Å². The molecule has 3 aromatic rings. The van der Waals surface area contributed by atoms with Gasteiger partial charge in [-0.15, -0.1) is 0 Å². The summed E-state index contributed by atoms with van der Waals surface area (Å²) in [5.74, 6) is 1.27. The number of nitrogens with two attached hydrogens (primary N) is 1. The lowest BCUT2D eigenvalue weighted by molar-refractivity contribution is -0.144. The van der Waals surface area contributed by atoms with Crippen molar-refractivity contribution < 1.29 is 4.79 Å². The number of likely N-dealkylation sites (tertiary alicyclic amines) is 1. The van der Waals surface area contributed by atoms with Crippen LogP contribution in [0.2, 0.25) is 0 Å². The van der Waals surface area contributed by atoms with Crippen molar-refractivity contribution in [2.75, 3.05) is 23.7 Å². The van der Waals surface area contributed by atoms with Gasteiger partial charge in [0.1, 0.15) is 5.82 Å². The van der Waals surface area contributed by atoms with Crippen LogP contribution in [0.15, 0.2) is 48.8 Å². The Balaban J connectivity index is 1.39. The number of pyridine rings is 1. The Morgan fingerprint density at radius 2 is 1.97 bits per heavy atom. The standard InChI is InChI=1S/C23H27N5O/c24-18-6-7-21(26-15-18)27-13-10-23(11-14-27)9-2-5-22(29)28(23)16-17-3-1-4-20-19(17)8-12-25-20/h1,3-4,6-8,12,15,25H,2,5,9-11,13-14,16,24H2. The summed E-state index contributed by atoms with van der Waals surface area (Å²) in [6.07, 6.45) is 8.39. The third-order valence-corrected chi connectivity index (χ3v) is 6.71. The number of piperidine rings is 2. The number of amides is 1. The van der Waals surface area contributed by atoms with Crippen LogP contribution in [0.5, 0.6) is 0 Å². The van der Waals surface area contributed by atoms with Gasteiger partial charge in [-0.25, -0.2) is 4.98 Å². The number of hydrogen-bond donors (Lipinski definition) is 2. The number of H-pyrrole nitrogens is 1. The van der Waals surface area contributed by atoms with Gasteiger partial charge in [0.15, 0.2) is 0 Å². The first-order valence-electron chi connectivity index (χ1n) is 10.5. The smallest absolute Gasteiger partial charge is 0.223 e. The highest BCUT2D eigenvalue weighted by molar-refractivity contribution is 5.84. The molecule has 6 nitrogen and oxygen atoms in total. The molecule has 0 radical (unpaired) electrons. The zero-order valence-corrected chi connectivity index (χ0v) is 16.6. The van der Waals surface area contributed by atoms with Gasteiger partial charge in [0, 0.05) is 48.7 Å². The van der Waals surface area contributed by atoms with Gasteiger partial charge in [-0.2, -0.15) is 0 Å². The molecule has 0 unspecified atom stereocenters. The zero-order valence-electron chi connectivity index (χ0n) is 16.6. The Hall–Kier alpha value is -3.02. The maximum absolute atomic E-state index is 13.0. The van der Waals surface area contributed by atoms with Gasteiger partial charge in [0.25, 0.3) is 0 Å². The van der Waals surface area contributed by atoms with E-state index >= 15 is 0 Å². The number of nitrogens with zero attached hydrogens (tertiary/aromatic N) is 3. The number of fused-ring (bicyclic) bond motifs is 1. The molecule has 1 amide bonds. The molecule has 2 saturated heterocycles. The molecule has 1 spiro atoms. The molecule has 29 heavy (non-hydrogen) atoms. The Morgan fingerprint density at radius 1 is 1.10 bits per heavy atom. The second-order valence-electron chi connectivity index (χ2n) is 8.35. The largest absolute Gasteiger partial charge is 0.397 e. The van der Waals surface area contributed by atoms with E-state index in [1.807, 2.05) is 18.3 Å². The second-order valence-corrected chi connectivity index (χ2v) is 8.35. The zero-order chi connectivity index (χ0) is 19.8. The van der Waals surface area contributed by atoms with Crippen molar-refractivity contribution in [2.24, 2.45) is 0 Å². The lowest BCUT2D eigenvalue weighted by Crippen LogP contribution is -2.59. The summed E-state index contributed by atoms with van der Waals surface area (Å²) in [7, 11) is 0. The molecule has 2 fully saturated rings. The van der Waals surface area contributed by atoms with Crippen LogP contribution in [0.3, 0.4) is 0 Å².